The number of carbonyl (C=O) groups excluding carboxylic acids is 2. The van der Waals surface area contributed by atoms with Crippen molar-refractivity contribution in [3.05, 3.63) is 71.3 Å². The van der Waals surface area contributed by atoms with E-state index in [1.807, 2.05) is 0 Å². The highest BCUT2D eigenvalue weighted by Crippen LogP contribution is 2.13. The molecule has 0 aromatic heterocycles. The molecule has 0 radical (unpaired) electrons. The van der Waals surface area contributed by atoms with Crippen LogP contribution in [0.25, 0.3) is 0 Å². The smallest absolute Gasteiger partial charge is 0.253 e. The summed E-state index contributed by atoms with van der Waals surface area (Å²) in [6, 6.07) is 11.6. The van der Waals surface area contributed by atoms with Crippen molar-refractivity contribution in [3.63, 3.8) is 0 Å². The van der Waals surface area contributed by atoms with Crippen LogP contribution in [0.3, 0.4) is 0 Å². The quantitative estimate of drug-likeness (QED) is 0.858. The molecule has 2 amide bonds. The largest absolute Gasteiger partial charge is 0.339 e. The van der Waals surface area contributed by atoms with Gasteiger partial charge >= 0.3 is 0 Å². The van der Waals surface area contributed by atoms with E-state index < -0.39 is 0 Å². The van der Waals surface area contributed by atoms with Gasteiger partial charge in [-0.2, -0.15) is 0 Å². The molecule has 25 heavy (non-hydrogen) atoms. The minimum atomic E-state index is -0.389. The van der Waals surface area contributed by atoms with Gasteiger partial charge in [0.25, 0.3) is 5.91 Å². The number of rotatable bonds is 3. The molecule has 2 aromatic carbocycles. The average molecular weight is 344 g/mol. The Morgan fingerprint density at radius 1 is 0.840 bits per heavy atom. The highest BCUT2D eigenvalue weighted by molar-refractivity contribution is 5.94. The van der Waals surface area contributed by atoms with Crippen LogP contribution in [-0.2, 0) is 11.2 Å². The summed E-state index contributed by atoms with van der Waals surface area (Å²) in [5, 5.41) is 0. The Labute approximate surface area is 144 Å². The molecular formula is C19H18F2N2O2. The highest BCUT2D eigenvalue weighted by Gasteiger charge is 2.25. The van der Waals surface area contributed by atoms with Crippen LogP contribution in [-0.4, -0.2) is 47.8 Å². The minimum absolute atomic E-state index is 0.0125. The van der Waals surface area contributed by atoms with Crippen LogP contribution in [0.15, 0.2) is 48.5 Å². The van der Waals surface area contributed by atoms with Gasteiger partial charge in [-0.15, -0.1) is 0 Å². The monoisotopic (exact) mass is 344 g/mol. The molecule has 0 N–H and O–H groups in total. The van der Waals surface area contributed by atoms with Crippen molar-refractivity contribution >= 4 is 11.8 Å². The zero-order chi connectivity index (χ0) is 17.8. The van der Waals surface area contributed by atoms with Crippen molar-refractivity contribution in [2.45, 2.75) is 6.42 Å². The van der Waals surface area contributed by atoms with E-state index in [1.165, 1.54) is 30.3 Å². The molecule has 1 fully saturated rings. The summed E-state index contributed by atoms with van der Waals surface area (Å²) < 4.78 is 26.6. The van der Waals surface area contributed by atoms with Crippen molar-refractivity contribution in [1.29, 1.82) is 0 Å². The lowest BCUT2D eigenvalue weighted by atomic mass is 10.1. The van der Waals surface area contributed by atoms with Crippen molar-refractivity contribution in [2.75, 3.05) is 26.2 Å². The summed E-state index contributed by atoms with van der Waals surface area (Å²) in [6.45, 7) is 1.61. The van der Waals surface area contributed by atoms with Crippen LogP contribution < -0.4 is 0 Å². The normalized spacial score (nSPS) is 14.5. The first kappa shape index (κ1) is 17.1. The van der Waals surface area contributed by atoms with Crippen molar-refractivity contribution in [1.82, 2.24) is 9.80 Å². The van der Waals surface area contributed by atoms with Crippen LogP contribution in [0.2, 0.25) is 0 Å². The summed E-state index contributed by atoms with van der Waals surface area (Å²) in [5.41, 5.74) is 0.796. The fraction of sp³-hybridized carbons (Fsp3) is 0.263. The second kappa shape index (κ2) is 7.42. The fourth-order valence-electron chi connectivity index (χ4n) is 2.85. The van der Waals surface area contributed by atoms with Gasteiger partial charge in [0.2, 0.25) is 5.91 Å². The third-order valence-electron chi connectivity index (χ3n) is 4.31. The predicted molar refractivity (Wildman–Crippen MR) is 89.0 cm³/mol. The number of carbonyl (C=O) groups is 2. The van der Waals surface area contributed by atoms with Gasteiger partial charge < -0.3 is 9.80 Å². The molecule has 4 nitrogen and oxygen atoms in total. The van der Waals surface area contributed by atoms with Gasteiger partial charge in [-0.05, 0) is 35.9 Å². The van der Waals surface area contributed by atoms with E-state index in [0.717, 1.165) is 0 Å². The maximum Gasteiger partial charge on any atom is 0.253 e. The lowest BCUT2D eigenvalue weighted by Gasteiger charge is -2.35. The molecule has 2 aromatic rings. The van der Waals surface area contributed by atoms with Gasteiger partial charge in [0.1, 0.15) is 11.6 Å². The molecule has 0 atom stereocenters. The molecule has 0 saturated carbocycles. The van der Waals surface area contributed by atoms with Crippen LogP contribution in [0.4, 0.5) is 8.78 Å². The van der Waals surface area contributed by atoms with E-state index >= 15 is 0 Å². The van der Waals surface area contributed by atoms with Crippen LogP contribution in [0, 0.1) is 11.6 Å². The maximum atomic E-state index is 13.7. The van der Waals surface area contributed by atoms with E-state index in [4.69, 9.17) is 0 Å². The molecule has 0 spiro atoms. The number of amides is 2. The number of piperazine rings is 1. The Hall–Kier alpha value is -2.76. The number of halogens is 2. The first-order valence-corrected chi connectivity index (χ1v) is 8.10. The SMILES string of the molecule is O=C(Cc1ccccc1F)N1CCN(C(=O)c2ccc(F)cc2)CC1. The van der Waals surface area contributed by atoms with Gasteiger partial charge in [-0.25, -0.2) is 8.78 Å². The summed E-state index contributed by atoms with van der Waals surface area (Å²) in [4.78, 5) is 28.0. The van der Waals surface area contributed by atoms with Crippen LogP contribution in [0.1, 0.15) is 15.9 Å². The van der Waals surface area contributed by atoms with Gasteiger partial charge in [0.15, 0.2) is 0 Å². The molecule has 1 aliphatic heterocycles. The molecule has 0 unspecified atom stereocenters. The zero-order valence-corrected chi connectivity index (χ0v) is 13.6. The zero-order valence-electron chi connectivity index (χ0n) is 13.6. The highest BCUT2D eigenvalue weighted by atomic mass is 19.1. The lowest BCUT2D eigenvalue weighted by molar-refractivity contribution is -0.132. The second-order valence-electron chi connectivity index (χ2n) is 5.95. The summed E-state index contributed by atoms with van der Waals surface area (Å²) in [6.07, 6.45) is 0.0125. The average Bonchev–Trinajstić information content (AvgIpc) is 2.64. The van der Waals surface area contributed by atoms with Crippen molar-refractivity contribution in [3.8, 4) is 0 Å². The van der Waals surface area contributed by atoms with Crippen molar-refractivity contribution < 1.29 is 18.4 Å². The van der Waals surface area contributed by atoms with Crippen LogP contribution >= 0.6 is 0 Å². The number of nitrogens with zero attached hydrogens (tertiary/aromatic N) is 2. The molecule has 1 aliphatic rings. The molecule has 6 heteroatoms. The predicted octanol–water partition coefficient (Wildman–Crippen LogP) is 2.49. The number of benzene rings is 2. The summed E-state index contributed by atoms with van der Waals surface area (Å²) in [5.74, 6) is -1.11. The Bertz CT molecular complexity index is 769. The molecule has 3 rings (SSSR count). The lowest BCUT2D eigenvalue weighted by Crippen LogP contribution is -2.51. The van der Waals surface area contributed by atoms with Gasteiger partial charge in [-0.1, -0.05) is 18.2 Å². The molecule has 1 heterocycles. The Kier molecular flexibility index (Phi) is 5.07. The Morgan fingerprint density at radius 3 is 2.08 bits per heavy atom. The van der Waals surface area contributed by atoms with E-state index in [0.29, 0.717) is 37.3 Å². The second-order valence-corrected chi connectivity index (χ2v) is 5.95. The van der Waals surface area contributed by atoms with E-state index in [1.54, 1.807) is 28.0 Å². The number of hydrogen-bond donors (Lipinski definition) is 0. The molecule has 1 saturated heterocycles. The minimum Gasteiger partial charge on any atom is -0.339 e. The third-order valence-corrected chi connectivity index (χ3v) is 4.31. The first-order chi connectivity index (χ1) is 12.0. The van der Waals surface area contributed by atoms with E-state index in [2.05, 4.69) is 0 Å². The van der Waals surface area contributed by atoms with E-state index in [9.17, 15) is 18.4 Å². The molecular weight excluding hydrogens is 326 g/mol. The molecule has 130 valence electrons. The Balaban J connectivity index is 1.56. The standard InChI is InChI=1S/C19H18F2N2O2/c20-16-7-5-14(6-8-16)19(25)23-11-9-22(10-12-23)18(24)13-15-3-1-2-4-17(15)21/h1-8H,9-13H2. The first-order valence-electron chi connectivity index (χ1n) is 8.10. The van der Waals surface area contributed by atoms with Gasteiger partial charge in [0.05, 0.1) is 6.42 Å². The fourth-order valence-corrected chi connectivity index (χ4v) is 2.85. The summed E-state index contributed by atoms with van der Waals surface area (Å²) in [7, 11) is 0. The molecule has 0 bridgehead atoms. The Morgan fingerprint density at radius 2 is 1.44 bits per heavy atom. The van der Waals surface area contributed by atoms with Gasteiger partial charge in [0, 0.05) is 31.7 Å². The maximum absolute atomic E-state index is 13.7. The van der Waals surface area contributed by atoms with Gasteiger partial charge in [-0.3, -0.25) is 9.59 Å². The van der Waals surface area contributed by atoms with E-state index in [-0.39, 0.29) is 29.9 Å². The summed E-state index contributed by atoms with van der Waals surface area (Å²) >= 11 is 0. The number of hydrogen-bond acceptors (Lipinski definition) is 2. The third kappa shape index (κ3) is 4.02. The van der Waals surface area contributed by atoms with Crippen molar-refractivity contribution in [2.24, 2.45) is 0 Å². The molecule has 0 aliphatic carbocycles. The topological polar surface area (TPSA) is 40.6 Å². The van der Waals surface area contributed by atoms with Crippen LogP contribution in [0.5, 0.6) is 0 Å².